The number of aromatic carboxylic acids is 3. The minimum Gasteiger partial charge on any atom is -0.478 e. The Hall–Kier alpha value is -3.17. The lowest BCUT2D eigenvalue weighted by atomic mass is 9.94. The van der Waals surface area contributed by atoms with Crippen LogP contribution < -0.4 is 10.6 Å². The third-order valence-electron chi connectivity index (χ3n) is 4.09. The number of carbonyl (C=O) groups is 3. The van der Waals surface area contributed by atoms with Crippen molar-refractivity contribution in [3.05, 3.63) is 58.4 Å². The largest absolute Gasteiger partial charge is 0.478 e. The summed E-state index contributed by atoms with van der Waals surface area (Å²) in [6.45, 7) is 6.70. The highest BCUT2D eigenvalue weighted by Crippen LogP contribution is 2.20. The summed E-state index contributed by atoms with van der Waals surface area (Å²) in [5.41, 5.74) is 1.42. The molecule has 0 spiro atoms. The van der Waals surface area contributed by atoms with E-state index < -0.39 is 17.9 Å². The van der Waals surface area contributed by atoms with Crippen molar-refractivity contribution in [3.8, 4) is 0 Å². The van der Waals surface area contributed by atoms with E-state index in [-0.39, 0.29) is 11.1 Å². The minimum atomic E-state index is -1.10. The Labute approximate surface area is 168 Å². The number of likely N-dealkylation sites (N-methyl/N-ethyl adjacent to an activating group) is 1. The molecule has 0 saturated carbocycles. The third kappa shape index (κ3) is 7.76. The van der Waals surface area contributed by atoms with Crippen LogP contribution in [0.4, 0.5) is 0 Å². The molecule has 6 N–H and O–H groups in total. The van der Waals surface area contributed by atoms with Crippen LogP contribution in [0.1, 0.15) is 49.1 Å². The second kappa shape index (κ2) is 12.3. The molecule has 29 heavy (non-hydrogen) atoms. The number of aromatic nitrogens is 1. The summed E-state index contributed by atoms with van der Waals surface area (Å²) in [7, 11) is 0. The fraction of sp³-hybridized carbons (Fsp3) is 0.350. The van der Waals surface area contributed by atoms with Gasteiger partial charge in [-0.2, -0.15) is 0 Å². The second-order valence-electron chi connectivity index (χ2n) is 6.15. The first-order valence-corrected chi connectivity index (χ1v) is 9.16. The number of aromatic amines is 1. The zero-order valence-electron chi connectivity index (χ0n) is 16.5. The Kier molecular flexibility index (Phi) is 10.1. The minimum absolute atomic E-state index is 0.0616. The van der Waals surface area contributed by atoms with Gasteiger partial charge in [0.25, 0.3) is 0 Å². The van der Waals surface area contributed by atoms with Crippen molar-refractivity contribution in [2.75, 3.05) is 26.2 Å². The topological polar surface area (TPSA) is 152 Å². The molecule has 158 valence electrons. The number of aryl methyl sites for hydroxylation is 1. The lowest BCUT2D eigenvalue weighted by Gasteiger charge is -2.13. The van der Waals surface area contributed by atoms with Crippen molar-refractivity contribution in [3.63, 3.8) is 0 Å². The van der Waals surface area contributed by atoms with Crippen LogP contribution in [-0.2, 0) is 6.42 Å². The first-order valence-electron chi connectivity index (χ1n) is 9.16. The SMILES string of the molecule is CCNCCNCCc1c(C(=O)O)ccc(C)c1C(=O)O.O=C(O)c1cc[nH]c1. The van der Waals surface area contributed by atoms with E-state index in [0.29, 0.717) is 29.7 Å². The summed E-state index contributed by atoms with van der Waals surface area (Å²) in [6.07, 6.45) is 3.38. The lowest BCUT2D eigenvalue weighted by Crippen LogP contribution is -2.29. The summed E-state index contributed by atoms with van der Waals surface area (Å²) in [5.74, 6) is -3.08. The van der Waals surface area contributed by atoms with E-state index in [1.165, 1.54) is 24.4 Å². The fourth-order valence-electron chi connectivity index (χ4n) is 2.67. The van der Waals surface area contributed by atoms with Crippen LogP contribution >= 0.6 is 0 Å². The number of carboxylic acid groups (broad SMARTS) is 3. The van der Waals surface area contributed by atoms with Crippen molar-refractivity contribution in [2.45, 2.75) is 20.3 Å². The van der Waals surface area contributed by atoms with Gasteiger partial charge in [0.1, 0.15) is 0 Å². The van der Waals surface area contributed by atoms with E-state index in [1.807, 2.05) is 6.92 Å². The van der Waals surface area contributed by atoms with Crippen LogP contribution in [0.5, 0.6) is 0 Å². The molecule has 1 aromatic carbocycles. The van der Waals surface area contributed by atoms with Crippen LogP contribution in [0.15, 0.2) is 30.6 Å². The highest BCUT2D eigenvalue weighted by molar-refractivity contribution is 5.97. The Bertz CT molecular complexity index is 818. The molecule has 0 unspecified atom stereocenters. The van der Waals surface area contributed by atoms with Gasteiger partial charge in [0, 0.05) is 25.5 Å². The van der Waals surface area contributed by atoms with Gasteiger partial charge in [0.2, 0.25) is 0 Å². The maximum Gasteiger partial charge on any atom is 0.337 e. The number of rotatable bonds is 10. The van der Waals surface area contributed by atoms with E-state index in [1.54, 1.807) is 13.1 Å². The average molecular weight is 405 g/mol. The van der Waals surface area contributed by atoms with Crippen molar-refractivity contribution >= 4 is 17.9 Å². The van der Waals surface area contributed by atoms with Crippen LogP contribution in [0.2, 0.25) is 0 Å². The molecule has 0 atom stereocenters. The van der Waals surface area contributed by atoms with Crippen molar-refractivity contribution in [1.82, 2.24) is 15.6 Å². The maximum atomic E-state index is 11.4. The smallest absolute Gasteiger partial charge is 0.337 e. The third-order valence-corrected chi connectivity index (χ3v) is 4.09. The molecular formula is C20H27N3O6. The predicted molar refractivity (Wildman–Crippen MR) is 108 cm³/mol. The first-order chi connectivity index (χ1) is 13.8. The van der Waals surface area contributed by atoms with Crippen LogP contribution in [0.3, 0.4) is 0 Å². The standard InChI is InChI=1S/C15H22N2O4.C5H5NO2/c1-3-16-8-9-17-7-6-11-12(14(18)19)5-4-10(2)13(11)15(20)21;7-5(8)4-1-2-6-3-4/h4-5,16-17H,3,6-9H2,1-2H3,(H,18,19)(H,20,21);1-3,6H,(H,7,8). The van der Waals surface area contributed by atoms with E-state index in [2.05, 4.69) is 15.6 Å². The fourth-order valence-corrected chi connectivity index (χ4v) is 2.67. The molecule has 0 aliphatic heterocycles. The molecule has 9 nitrogen and oxygen atoms in total. The first kappa shape index (κ1) is 23.9. The monoisotopic (exact) mass is 405 g/mol. The van der Waals surface area contributed by atoms with Gasteiger partial charge in [0.15, 0.2) is 0 Å². The van der Waals surface area contributed by atoms with Crippen LogP contribution in [0, 0.1) is 6.92 Å². The number of hydrogen-bond donors (Lipinski definition) is 6. The number of hydrogen-bond acceptors (Lipinski definition) is 5. The van der Waals surface area contributed by atoms with Gasteiger partial charge in [-0.25, -0.2) is 14.4 Å². The number of H-pyrrole nitrogens is 1. The van der Waals surface area contributed by atoms with Gasteiger partial charge in [-0.3, -0.25) is 0 Å². The molecule has 9 heteroatoms. The zero-order chi connectivity index (χ0) is 21.8. The van der Waals surface area contributed by atoms with Gasteiger partial charge >= 0.3 is 17.9 Å². The number of benzene rings is 1. The quantitative estimate of drug-likeness (QED) is 0.328. The van der Waals surface area contributed by atoms with E-state index in [4.69, 9.17) is 5.11 Å². The molecule has 2 rings (SSSR count). The van der Waals surface area contributed by atoms with Crippen LogP contribution in [-0.4, -0.2) is 64.4 Å². The molecule has 2 aromatic rings. The number of nitrogens with one attached hydrogen (secondary N) is 3. The summed E-state index contributed by atoms with van der Waals surface area (Å²) in [6, 6.07) is 4.51. The predicted octanol–water partition coefficient (Wildman–Crippen LogP) is 1.85. The highest BCUT2D eigenvalue weighted by atomic mass is 16.4. The van der Waals surface area contributed by atoms with Crippen molar-refractivity contribution in [1.29, 1.82) is 0 Å². The summed E-state index contributed by atoms with van der Waals surface area (Å²) >= 11 is 0. The van der Waals surface area contributed by atoms with E-state index in [0.717, 1.165) is 19.6 Å². The van der Waals surface area contributed by atoms with E-state index in [9.17, 15) is 24.6 Å². The Morgan fingerprint density at radius 2 is 1.62 bits per heavy atom. The molecule has 0 aliphatic carbocycles. The molecule has 0 radical (unpaired) electrons. The van der Waals surface area contributed by atoms with Crippen molar-refractivity contribution in [2.24, 2.45) is 0 Å². The Morgan fingerprint density at radius 1 is 0.931 bits per heavy atom. The van der Waals surface area contributed by atoms with Gasteiger partial charge in [0.05, 0.1) is 16.7 Å². The van der Waals surface area contributed by atoms with Gasteiger partial charge < -0.3 is 30.9 Å². The molecule has 0 aliphatic rings. The second-order valence-corrected chi connectivity index (χ2v) is 6.15. The Balaban J connectivity index is 0.000000436. The van der Waals surface area contributed by atoms with Gasteiger partial charge in [-0.15, -0.1) is 0 Å². The molecule has 0 fully saturated rings. The lowest BCUT2D eigenvalue weighted by molar-refractivity contribution is 0.0680. The molecule has 0 amide bonds. The zero-order valence-corrected chi connectivity index (χ0v) is 16.5. The molecule has 0 bridgehead atoms. The average Bonchev–Trinajstić information content (AvgIpc) is 3.19. The van der Waals surface area contributed by atoms with E-state index >= 15 is 0 Å². The summed E-state index contributed by atoms with van der Waals surface area (Å²) < 4.78 is 0. The number of carboxylic acids is 3. The summed E-state index contributed by atoms with van der Waals surface area (Å²) in [4.78, 5) is 35.3. The normalized spacial score (nSPS) is 10.1. The summed E-state index contributed by atoms with van der Waals surface area (Å²) in [5, 5.41) is 33.1. The highest BCUT2D eigenvalue weighted by Gasteiger charge is 2.20. The van der Waals surface area contributed by atoms with Crippen LogP contribution in [0.25, 0.3) is 0 Å². The molecule has 1 aromatic heterocycles. The van der Waals surface area contributed by atoms with Gasteiger partial charge in [-0.05, 0) is 49.7 Å². The molecule has 0 saturated heterocycles. The maximum absolute atomic E-state index is 11.4. The van der Waals surface area contributed by atoms with Crippen molar-refractivity contribution < 1.29 is 29.7 Å². The molecule has 1 heterocycles. The Morgan fingerprint density at radius 3 is 2.10 bits per heavy atom. The van der Waals surface area contributed by atoms with Gasteiger partial charge in [-0.1, -0.05) is 13.0 Å². The molecular weight excluding hydrogens is 378 g/mol.